The third kappa shape index (κ3) is 2.88. The molecule has 0 radical (unpaired) electrons. The number of carbonyl (C=O) groups is 2. The van der Waals surface area contributed by atoms with E-state index in [0.717, 1.165) is 0 Å². The lowest BCUT2D eigenvalue weighted by atomic mass is 10.1. The van der Waals surface area contributed by atoms with E-state index in [1.165, 1.54) is 5.01 Å². The van der Waals surface area contributed by atoms with Crippen LogP contribution in [0.5, 0.6) is 0 Å². The number of nitrogens with zero attached hydrogens (tertiary/aromatic N) is 4. The maximum Gasteiger partial charge on any atom is 0.273 e. The molecule has 3 rings (SSSR count). The number of amides is 2. The van der Waals surface area contributed by atoms with Crippen LogP contribution in [0.2, 0.25) is 0 Å². The van der Waals surface area contributed by atoms with E-state index in [1.807, 2.05) is 18.2 Å². The molecular weight excluding hydrogens is 282 g/mol. The van der Waals surface area contributed by atoms with Crippen molar-refractivity contribution in [3.8, 4) is 0 Å². The van der Waals surface area contributed by atoms with Gasteiger partial charge in [0.1, 0.15) is 5.71 Å². The number of hydrogen-bond acceptors (Lipinski definition) is 4. The van der Waals surface area contributed by atoms with Crippen LogP contribution in [0.25, 0.3) is 0 Å². The Kier molecular flexibility index (Phi) is 3.69. The third-order valence-corrected chi connectivity index (χ3v) is 3.25. The van der Waals surface area contributed by atoms with Crippen LogP contribution < -0.4 is 10.3 Å². The van der Waals surface area contributed by atoms with E-state index in [0.29, 0.717) is 23.6 Å². The predicted octanol–water partition coefficient (Wildman–Crippen LogP) is 1.54. The van der Waals surface area contributed by atoms with Crippen LogP contribution in [0.15, 0.2) is 47.7 Å². The standard InChI is InChI=1S/C15H15N5O2/c1-19-10-9-13(18-19)16-15(22)12-7-8-14(21)20(17-12)11-5-3-2-4-6-11/h2-6,9-10H,7-8H2,1H3,(H,16,18,22). The summed E-state index contributed by atoms with van der Waals surface area (Å²) in [7, 11) is 1.77. The smallest absolute Gasteiger partial charge is 0.273 e. The Morgan fingerprint density at radius 1 is 1.18 bits per heavy atom. The molecule has 2 heterocycles. The number of hydrogen-bond donors (Lipinski definition) is 1. The van der Waals surface area contributed by atoms with Gasteiger partial charge in [0.05, 0.1) is 5.69 Å². The molecule has 0 saturated heterocycles. The van der Waals surface area contributed by atoms with Crippen LogP contribution in [-0.4, -0.2) is 27.3 Å². The van der Waals surface area contributed by atoms with Crippen molar-refractivity contribution in [3.05, 3.63) is 42.6 Å². The van der Waals surface area contributed by atoms with E-state index in [2.05, 4.69) is 15.5 Å². The summed E-state index contributed by atoms with van der Waals surface area (Å²) in [5.74, 6) is -0.00826. The summed E-state index contributed by atoms with van der Waals surface area (Å²) >= 11 is 0. The SMILES string of the molecule is Cn1ccc(NC(=O)C2=NN(c3ccccc3)C(=O)CC2)n1. The first kappa shape index (κ1) is 14.0. The summed E-state index contributed by atoms with van der Waals surface area (Å²) in [6.07, 6.45) is 2.31. The van der Waals surface area contributed by atoms with Crippen molar-refractivity contribution in [1.29, 1.82) is 0 Å². The lowest BCUT2D eigenvalue weighted by molar-refractivity contribution is -0.118. The maximum atomic E-state index is 12.2. The molecule has 0 bridgehead atoms. The number of carbonyl (C=O) groups excluding carboxylic acids is 2. The monoisotopic (exact) mass is 297 g/mol. The van der Waals surface area contributed by atoms with Crippen molar-refractivity contribution in [1.82, 2.24) is 9.78 Å². The normalized spacial score (nSPS) is 14.7. The molecule has 0 spiro atoms. The van der Waals surface area contributed by atoms with Gasteiger partial charge in [-0.15, -0.1) is 0 Å². The zero-order chi connectivity index (χ0) is 15.5. The Bertz CT molecular complexity index is 735. The molecule has 7 nitrogen and oxygen atoms in total. The van der Waals surface area contributed by atoms with Gasteiger partial charge >= 0.3 is 0 Å². The lowest BCUT2D eigenvalue weighted by Crippen LogP contribution is -2.36. The molecule has 7 heteroatoms. The van der Waals surface area contributed by atoms with Crippen molar-refractivity contribution in [3.63, 3.8) is 0 Å². The zero-order valence-electron chi connectivity index (χ0n) is 12.1. The van der Waals surface area contributed by atoms with Crippen molar-refractivity contribution < 1.29 is 9.59 Å². The van der Waals surface area contributed by atoms with Crippen LogP contribution >= 0.6 is 0 Å². The quantitative estimate of drug-likeness (QED) is 0.933. The number of nitrogens with one attached hydrogen (secondary N) is 1. The highest BCUT2D eigenvalue weighted by Gasteiger charge is 2.25. The highest BCUT2D eigenvalue weighted by molar-refractivity contribution is 6.44. The molecule has 2 amide bonds. The second kappa shape index (κ2) is 5.80. The number of aromatic nitrogens is 2. The summed E-state index contributed by atoms with van der Waals surface area (Å²) in [6, 6.07) is 10.8. The topological polar surface area (TPSA) is 79.6 Å². The Morgan fingerprint density at radius 2 is 1.95 bits per heavy atom. The van der Waals surface area contributed by atoms with Gasteiger partial charge in [0.25, 0.3) is 5.91 Å². The van der Waals surface area contributed by atoms with Crippen LogP contribution in [0.1, 0.15) is 12.8 Å². The minimum Gasteiger partial charge on any atom is -0.304 e. The Labute approximate surface area is 127 Å². The molecule has 0 aliphatic carbocycles. The molecule has 0 saturated carbocycles. The number of para-hydroxylation sites is 1. The highest BCUT2D eigenvalue weighted by Crippen LogP contribution is 2.20. The summed E-state index contributed by atoms with van der Waals surface area (Å²) in [5, 5.41) is 12.2. The molecule has 0 atom stereocenters. The van der Waals surface area contributed by atoms with Crippen LogP contribution in [0, 0.1) is 0 Å². The molecule has 1 aromatic heterocycles. The van der Waals surface area contributed by atoms with Gasteiger partial charge in [0.2, 0.25) is 5.91 Å². The number of benzene rings is 1. The van der Waals surface area contributed by atoms with E-state index in [1.54, 1.807) is 36.1 Å². The molecule has 2 aromatic rings. The van der Waals surface area contributed by atoms with Crippen molar-refractivity contribution in [2.24, 2.45) is 12.1 Å². The summed E-state index contributed by atoms with van der Waals surface area (Å²) in [4.78, 5) is 24.2. The van der Waals surface area contributed by atoms with E-state index in [-0.39, 0.29) is 18.2 Å². The number of hydrazone groups is 1. The van der Waals surface area contributed by atoms with Gasteiger partial charge in [-0.2, -0.15) is 10.2 Å². The fourth-order valence-corrected chi connectivity index (χ4v) is 2.16. The summed E-state index contributed by atoms with van der Waals surface area (Å²) < 4.78 is 1.60. The van der Waals surface area contributed by atoms with Gasteiger partial charge in [0, 0.05) is 32.2 Å². The van der Waals surface area contributed by atoms with E-state index >= 15 is 0 Å². The first-order valence-corrected chi connectivity index (χ1v) is 6.90. The fraction of sp³-hybridized carbons (Fsp3) is 0.200. The third-order valence-electron chi connectivity index (χ3n) is 3.25. The van der Waals surface area contributed by atoms with Gasteiger partial charge in [0.15, 0.2) is 5.82 Å². The highest BCUT2D eigenvalue weighted by atomic mass is 16.2. The molecule has 1 aliphatic rings. The van der Waals surface area contributed by atoms with Crippen molar-refractivity contribution in [2.75, 3.05) is 10.3 Å². The van der Waals surface area contributed by atoms with Gasteiger partial charge in [-0.3, -0.25) is 14.3 Å². The molecule has 0 unspecified atom stereocenters. The predicted molar refractivity (Wildman–Crippen MR) is 82.4 cm³/mol. The average molecular weight is 297 g/mol. The number of anilines is 2. The number of aryl methyl sites for hydroxylation is 1. The summed E-state index contributed by atoms with van der Waals surface area (Å²) in [5.41, 5.74) is 0.962. The first-order chi connectivity index (χ1) is 10.6. The van der Waals surface area contributed by atoms with Crippen LogP contribution in [0.3, 0.4) is 0 Å². The first-order valence-electron chi connectivity index (χ1n) is 6.90. The second-order valence-electron chi connectivity index (χ2n) is 4.92. The molecule has 1 N–H and O–H groups in total. The van der Waals surface area contributed by atoms with Crippen LogP contribution in [0.4, 0.5) is 11.5 Å². The fourth-order valence-electron chi connectivity index (χ4n) is 2.16. The van der Waals surface area contributed by atoms with E-state index in [4.69, 9.17) is 0 Å². The Hall–Kier alpha value is -2.96. The number of rotatable bonds is 3. The average Bonchev–Trinajstić information content (AvgIpc) is 2.93. The second-order valence-corrected chi connectivity index (χ2v) is 4.92. The van der Waals surface area contributed by atoms with Crippen molar-refractivity contribution >= 4 is 29.0 Å². The molecule has 112 valence electrons. The van der Waals surface area contributed by atoms with Crippen molar-refractivity contribution in [2.45, 2.75) is 12.8 Å². The van der Waals surface area contributed by atoms with E-state index in [9.17, 15) is 9.59 Å². The van der Waals surface area contributed by atoms with Gasteiger partial charge in [-0.25, -0.2) is 5.01 Å². The van der Waals surface area contributed by atoms with Gasteiger partial charge in [-0.05, 0) is 12.1 Å². The maximum absolute atomic E-state index is 12.2. The van der Waals surface area contributed by atoms with Gasteiger partial charge < -0.3 is 5.32 Å². The minimum absolute atomic E-state index is 0.124. The minimum atomic E-state index is -0.341. The molecule has 1 aliphatic heterocycles. The zero-order valence-corrected chi connectivity index (χ0v) is 12.1. The van der Waals surface area contributed by atoms with E-state index < -0.39 is 0 Å². The lowest BCUT2D eigenvalue weighted by Gasteiger charge is -2.22. The summed E-state index contributed by atoms with van der Waals surface area (Å²) in [6.45, 7) is 0. The largest absolute Gasteiger partial charge is 0.304 e. The molecule has 0 fully saturated rings. The Balaban J connectivity index is 1.81. The molecule has 1 aromatic carbocycles. The molecule has 22 heavy (non-hydrogen) atoms. The molecular formula is C15H15N5O2. The van der Waals surface area contributed by atoms with Crippen LogP contribution in [-0.2, 0) is 16.6 Å². The Morgan fingerprint density at radius 3 is 2.64 bits per heavy atom. The van der Waals surface area contributed by atoms with Gasteiger partial charge in [-0.1, -0.05) is 18.2 Å².